The van der Waals surface area contributed by atoms with E-state index < -0.39 is 6.23 Å². The lowest BCUT2D eigenvalue weighted by molar-refractivity contribution is 0.238. The van der Waals surface area contributed by atoms with Crippen LogP contribution < -0.4 is 11.1 Å². The van der Waals surface area contributed by atoms with Gasteiger partial charge in [-0.25, -0.2) is 0 Å². The molecule has 1 heterocycles. The SMILES string of the molecule is NCC1=Cc2cc(Cl)ccc2NC1O. The predicted octanol–water partition coefficient (Wildman–Crippen LogP) is 1.43. The van der Waals surface area contributed by atoms with E-state index in [1.807, 2.05) is 18.2 Å². The lowest BCUT2D eigenvalue weighted by atomic mass is 10.0. The van der Waals surface area contributed by atoms with Crippen molar-refractivity contribution in [3.63, 3.8) is 0 Å². The van der Waals surface area contributed by atoms with E-state index in [-0.39, 0.29) is 0 Å². The topological polar surface area (TPSA) is 58.3 Å². The summed E-state index contributed by atoms with van der Waals surface area (Å²) in [7, 11) is 0. The molecule has 14 heavy (non-hydrogen) atoms. The molecule has 0 bridgehead atoms. The number of halogens is 1. The van der Waals surface area contributed by atoms with Gasteiger partial charge in [0, 0.05) is 17.3 Å². The molecule has 1 atom stereocenters. The van der Waals surface area contributed by atoms with Crippen LogP contribution in [0.25, 0.3) is 6.08 Å². The fraction of sp³-hybridized carbons (Fsp3) is 0.200. The van der Waals surface area contributed by atoms with Gasteiger partial charge in [-0.15, -0.1) is 0 Å². The van der Waals surface area contributed by atoms with Gasteiger partial charge in [0.2, 0.25) is 0 Å². The molecule has 0 amide bonds. The van der Waals surface area contributed by atoms with E-state index in [0.717, 1.165) is 16.8 Å². The lowest BCUT2D eigenvalue weighted by Gasteiger charge is -2.23. The van der Waals surface area contributed by atoms with E-state index >= 15 is 0 Å². The van der Waals surface area contributed by atoms with Gasteiger partial charge in [-0.05, 0) is 35.4 Å². The van der Waals surface area contributed by atoms with Crippen molar-refractivity contribution in [1.82, 2.24) is 0 Å². The van der Waals surface area contributed by atoms with E-state index in [1.54, 1.807) is 6.07 Å². The molecule has 0 spiro atoms. The quantitative estimate of drug-likeness (QED) is 0.657. The molecule has 1 aliphatic rings. The zero-order valence-electron chi connectivity index (χ0n) is 7.50. The molecule has 0 saturated carbocycles. The molecule has 0 saturated heterocycles. The molecule has 1 unspecified atom stereocenters. The number of hydrogen-bond acceptors (Lipinski definition) is 3. The Bertz CT molecular complexity index is 390. The van der Waals surface area contributed by atoms with Crippen LogP contribution in [0.4, 0.5) is 5.69 Å². The normalized spacial score (nSPS) is 19.6. The van der Waals surface area contributed by atoms with Gasteiger partial charge in [0.1, 0.15) is 6.23 Å². The number of aliphatic hydroxyl groups is 1. The number of rotatable bonds is 1. The first-order valence-corrected chi connectivity index (χ1v) is 4.73. The standard InChI is InChI=1S/C10H11ClN2O/c11-8-1-2-9-6(4-8)3-7(5-12)10(14)13-9/h1-4,10,13-14H,5,12H2. The number of nitrogens with one attached hydrogen (secondary N) is 1. The molecule has 1 aliphatic heterocycles. The van der Waals surface area contributed by atoms with Crippen LogP contribution >= 0.6 is 11.6 Å². The van der Waals surface area contributed by atoms with E-state index in [4.69, 9.17) is 17.3 Å². The first-order chi connectivity index (χ1) is 6.70. The highest BCUT2D eigenvalue weighted by atomic mass is 35.5. The second kappa shape index (κ2) is 3.61. The van der Waals surface area contributed by atoms with Crippen LogP contribution in [0.5, 0.6) is 0 Å². The van der Waals surface area contributed by atoms with E-state index in [9.17, 15) is 5.11 Å². The third kappa shape index (κ3) is 1.62. The average Bonchev–Trinajstić information content (AvgIpc) is 2.17. The maximum absolute atomic E-state index is 9.59. The Morgan fingerprint density at radius 3 is 3.00 bits per heavy atom. The van der Waals surface area contributed by atoms with Crippen LogP contribution in [0.3, 0.4) is 0 Å². The van der Waals surface area contributed by atoms with Gasteiger partial charge in [-0.2, -0.15) is 0 Å². The molecule has 0 radical (unpaired) electrons. The zero-order chi connectivity index (χ0) is 10.1. The third-order valence-electron chi connectivity index (χ3n) is 2.23. The van der Waals surface area contributed by atoms with Crippen LogP contribution in [-0.2, 0) is 0 Å². The summed E-state index contributed by atoms with van der Waals surface area (Å²) >= 11 is 5.85. The largest absolute Gasteiger partial charge is 0.370 e. The number of nitrogens with two attached hydrogens (primary N) is 1. The maximum atomic E-state index is 9.59. The van der Waals surface area contributed by atoms with E-state index in [2.05, 4.69) is 5.32 Å². The second-order valence-electron chi connectivity index (χ2n) is 3.20. The Morgan fingerprint density at radius 2 is 2.29 bits per heavy atom. The van der Waals surface area contributed by atoms with Crippen molar-refractivity contribution in [1.29, 1.82) is 0 Å². The third-order valence-corrected chi connectivity index (χ3v) is 2.47. The van der Waals surface area contributed by atoms with Gasteiger partial charge < -0.3 is 16.2 Å². The minimum atomic E-state index is -0.686. The van der Waals surface area contributed by atoms with Crippen LogP contribution in [0.1, 0.15) is 5.56 Å². The molecule has 1 aromatic carbocycles. The second-order valence-corrected chi connectivity index (χ2v) is 3.64. The fourth-order valence-electron chi connectivity index (χ4n) is 1.47. The summed E-state index contributed by atoms with van der Waals surface area (Å²) in [5, 5.41) is 13.2. The summed E-state index contributed by atoms with van der Waals surface area (Å²) in [6.07, 6.45) is 1.18. The van der Waals surface area contributed by atoms with Gasteiger partial charge in [-0.1, -0.05) is 11.6 Å². The monoisotopic (exact) mass is 210 g/mol. The van der Waals surface area contributed by atoms with Crippen molar-refractivity contribution in [2.24, 2.45) is 5.73 Å². The Morgan fingerprint density at radius 1 is 1.50 bits per heavy atom. The van der Waals surface area contributed by atoms with Crippen molar-refractivity contribution >= 4 is 23.4 Å². The Hall–Kier alpha value is -1.03. The lowest BCUT2D eigenvalue weighted by Crippen LogP contribution is -2.28. The minimum Gasteiger partial charge on any atom is -0.370 e. The molecule has 74 valence electrons. The first-order valence-electron chi connectivity index (χ1n) is 4.35. The zero-order valence-corrected chi connectivity index (χ0v) is 8.25. The van der Waals surface area contributed by atoms with Crippen molar-refractivity contribution < 1.29 is 5.11 Å². The van der Waals surface area contributed by atoms with Gasteiger partial charge in [-0.3, -0.25) is 0 Å². The molecule has 1 aromatic rings. The van der Waals surface area contributed by atoms with Gasteiger partial charge in [0.15, 0.2) is 0 Å². The first kappa shape index (κ1) is 9.52. The maximum Gasteiger partial charge on any atom is 0.148 e. The van der Waals surface area contributed by atoms with Crippen molar-refractivity contribution in [3.8, 4) is 0 Å². The summed E-state index contributed by atoms with van der Waals surface area (Å²) in [5.74, 6) is 0. The van der Waals surface area contributed by atoms with Gasteiger partial charge in [0.05, 0.1) is 0 Å². The van der Waals surface area contributed by atoms with Crippen molar-refractivity contribution in [2.75, 3.05) is 11.9 Å². The minimum absolute atomic E-state index is 0.333. The molecule has 0 aliphatic carbocycles. The summed E-state index contributed by atoms with van der Waals surface area (Å²) in [5.41, 5.74) is 8.09. The Kier molecular flexibility index (Phi) is 2.46. The van der Waals surface area contributed by atoms with E-state index in [1.165, 1.54) is 0 Å². The number of hydrogen-bond donors (Lipinski definition) is 3. The number of aliphatic hydroxyl groups excluding tert-OH is 1. The molecule has 4 N–H and O–H groups in total. The van der Waals surface area contributed by atoms with Crippen LogP contribution in [0.15, 0.2) is 23.8 Å². The van der Waals surface area contributed by atoms with Gasteiger partial charge >= 0.3 is 0 Å². The molecule has 0 aromatic heterocycles. The van der Waals surface area contributed by atoms with Crippen LogP contribution in [0, 0.1) is 0 Å². The molecular formula is C10H11ClN2O. The predicted molar refractivity (Wildman–Crippen MR) is 58.1 cm³/mol. The molecule has 2 rings (SSSR count). The molecular weight excluding hydrogens is 200 g/mol. The number of anilines is 1. The Balaban J connectivity index is 2.46. The highest BCUT2D eigenvalue weighted by Crippen LogP contribution is 2.28. The molecule has 4 heteroatoms. The van der Waals surface area contributed by atoms with Gasteiger partial charge in [0.25, 0.3) is 0 Å². The molecule has 3 nitrogen and oxygen atoms in total. The summed E-state index contributed by atoms with van der Waals surface area (Å²) in [4.78, 5) is 0. The summed E-state index contributed by atoms with van der Waals surface area (Å²) in [6, 6.07) is 5.46. The smallest absolute Gasteiger partial charge is 0.148 e. The van der Waals surface area contributed by atoms with E-state index in [0.29, 0.717) is 11.6 Å². The highest BCUT2D eigenvalue weighted by molar-refractivity contribution is 6.30. The highest BCUT2D eigenvalue weighted by Gasteiger charge is 2.16. The van der Waals surface area contributed by atoms with Crippen molar-refractivity contribution in [3.05, 3.63) is 34.4 Å². The Labute approximate surface area is 87.2 Å². The summed E-state index contributed by atoms with van der Waals surface area (Å²) < 4.78 is 0. The molecule has 0 fully saturated rings. The summed E-state index contributed by atoms with van der Waals surface area (Å²) in [6.45, 7) is 0.333. The average molecular weight is 211 g/mol. The fourth-order valence-corrected chi connectivity index (χ4v) is 1.65. The van der Waals surface area contributed by atoms with Crippen molar-refractivity contribution in [2.45, 2.75) is 6.23 Å². The number of fused-ring (bicyclic) bond motifs is 1. The number of benzene rings is 1. The van der Waals surface area contributed by atoms with Crippen LogP contribution in [-0.4, -0.2) is 17.9 Å². The van der Waals surface area contributed by atoms with Crippen LogP contribution in [0.2, 0.25) is 5.02 Å².